The lowest BCUT2D eigenvalue weighted by atomic mass is 9.97. The number of rotatable bonds is 5. The van der Waals surface area contributed by atoms with Crippen molar-refractivity contribution in [1.82, 2.24) is 5.32 Å². The molecule has 0 bridgehead atoms. The average Bonchev–Trinajstić information content (AvgIpc) is 2.44. The normalized spacial score (nSPS) is 12.9. The van der Waals surface area contributed by atoms with E-state index in [4.69, 9.17) is 0 Å². The van der Waals surface area contributed by atoms with Crippen LogP contribution in [0, 0.1) is 0 Å². The molecule has 104 valence electrons. The number of hydrogen-bond donors (Lipinski definition) is 2. The largest absolute Gasteiger partial charge is 0.323 e. The van der Waals surface area contributed by atoms with Gasteiger partial charge in [0.25, 0.3) is 0 Å². The number of anilines is 1. The summed E-state index contributed by atoms with van der Waals surface area (Å²) in [5, 5.41) is 5.66. The molecule has 0 spiro atoms. The summed E-state index contributed by atoms with van der Waals surface area (Å²) in [4.78, 5) is 11.8. The van der Waals surface area contributed by atoms with Crippen molar-refractivity contribution in [3.8, 4) is 0 Å². The van der Waals surface area contributed by atoms with Crippen LogP contribution in [0.15, 0.2) is 36.0 Å². The molecular weight excluding hydrogens is 236 g/mol. The van der Waals surface area contributed by atoms with Crippen molar-refractivity contribution in [3.63, 3.8) is 0 Å². The molecule has 19 heavy (non-hydrogen) atoms. The van der Waals surface area contributed by atoms with Gasteiger partial charge in [-0.3, -0.25) is 0 Å². The minimum atomic E-state index is -0.191. The summed E-state index contributed by atoms with van der Waals surface area (Å²) in [6, 6.07) is 7.76. The fourth-order valence-electron chi connectivity index (χ4n) is 1.71. The van der Waals surface area contributed by atoms with Crippen LogP contribution >= 0.6 is 0 Å². The number of carbonyl (C=O) groups is 1. The number of carbonyl (C=O) groups excluding carboxylic acids is 1. The third-order valence-corrected chi connectivity index (χ3v) is 3.36. The van der Waals surface area contributed by atoms with E-state index in [1.165, 1.54) is 5.56 Å². The van der Waals surface area contributed by atoms with E-state index in [9.17, 15) is 4.79 Å². The van der Waals surface area contributed by atoms with Gasteiger partial charge in [0, 0.05) is 11.9 Å². The van der Waals surface area contributed by atoms with Gasteiger partial charge in [0.1, 0.15) is 0 Å². The van der Waals surface area contributed by atoms with Crippen molar-refractivity contribution in [2.75, 3.05) is 5.32 Å². The highest BCUT2D eigenvalue weighted by Gasteiger charge is 2.10. The van der Waals surface area contributed by atoms with Gasteiger partial charge in [0.2, 0.25) is 0 Å². The molecule has 0 aliphatic heterocycles. The molecule has 0 saturated heterocycles. The number of allylic oxidation sites excluding steroid dienone is 1. The predicted octanol–water partition coefficient (Wildman–Crippen LogP) is 4.64. The monoisotopic (exact) mass is 260 g/mol. The van der Waals surface area contributed by atoms with Crippen LogP contribution in [0.3, 0.4) is 0 Å². The Morgan fingerprint density at radius 2 is 2.00 bits per heavy atom. The van der Waals surface area contributed by atoms with Crippen LogP contribution in [0.25, 0.3) is 0 Å². The Morgan fingerprint density at radius 1 is 1.32 bits per heavy atom. The second-order valence-corrected chi connectivity index (χ2v) is 4.84. The molecule has 3 heteroatoms. The van der Waals surface area contributed by atoms with E-state index in [0.29, 0.717) is 5.92 Å². The zero-order valence-electron chi connectivity index (χ0n) is 12.3. The lowest BCUT2D eigenvalue weighted by Gasteiger charge is -2.15. The number of benzene rings is 1. The third kappa shape index (κ3) is 4.78. The quantitative estimate of drug-likeness (QED) is 0.796. The summed E-state index contributed by atoms with van der Waals surface area (Å²) < 4.78 is 0. The van der Waals surface area contributed by atoms with Crippen molar-refractivity contribution in [2.24, 2.45) is 0 Å². The molecule has 1 atom stereocenters. The highest BCUT2D eigenvalue weighted by Crippen LogP contribution is 2.26. The van der Waals surface area contributed by atoms with Gasteiger partial charge in [-0.2, -0.15) is 0 Å². The summed E-state index contributed by atoms with van der Waals surface area (Å²) in [6.07, 6.45) is 3.74. The van der Waals surface area contributed by atoms with Gasteiger partial charge < -0.3 is 10.6 Å². The molecule has 1 aromatic rings. The molecule has 0 aliphatic rings. The molecular formula is C16H24N2O. The molecule has 1 unspecified atom stereocenters. The van der Waals surface area contributed by atoms with E-state index in [0.717, 1.165) is 24.1 Å². The molecule has 2 N–H and O–H groups in total. The maximum Gasteiger partial charge on any atom is 0.323 e. The van der Waals surface area contributed by atoms with Crippen molar-refractivity contribution in [1.29, 1.82) is 0 Å². The Kier molecular flexibility index (Phi) is 6.13. The first-order valence-electron chi connectivity index (χ1n) is 6.90. The summed E-state index contributed by atoms with van der Waals surface area (Å²) in [5.41, 5.74) is 3.21. The van der Waals surface area contributed by atoms with Gasteiger partial charge in [-0.1, -0.05) is 44.5 Å². The van der Waals surface area contributed by atoms with E-state index >= 15 is 0 Å². The number of nitrogens with one attached hydrogen (secondary N) is 2. The summed E-state index contributed by atoms with van der Waals surface area (Å²) in [7, 11) is 0. The smallest absolute Gasteiger partial charge is 0.314 e. The van der Waals surface area contributed by atoms with Gasteiger partial charge in [-0.05, 0) is 37.3 Å². The first-order valence-corrected chi connectivity index (χ1v) is 6.90. The van der Waals surface area contributed by atoms with Gasteiger partial charge in [-0.25, -0.2) is 4.79 Å². The van der Waals surface area contributed by atoms with Gasteiger partial charge in [0.05, 0.1) is 0 Å². The van der Waals surface area contributed by atoms with E-state index in [2.05, 4.69) is 37.5 Å². The topological polar surface area (TPSA) is 41.1 Å². The van der Waals surface area contributed by atoms with E-state index in [-0.39, 0.29) is 6.03 Å². The van der Waals surface area contributed by atoms with E-state index in [1.807, 2.05) is 25.1 Å². The molecule has 0 radical (unpaired) electrons. The second kappa shape index (κ2) is 7.62. The Labute approximate surface area is 116 Å². The average molecular weight is 260 g/mol. The SMILES string of the molecule is CC/C(C)=C/NC(=O)Nc1ccccc1C(C)CC. The second-order valence-electron chi connectivity index (χ2n) is 4.84. The minimum Gasteiger partial charge on any atom is -0.314 e. The summed E-state index contributed by atoms with van der Waals surface area (Å²) in [5.74, 6) is 0.435. The zero-order valence-corrected chi connectivity index (χ0v) is 12.3. The van der Waals surface area contributed by atoms with Crippen LogP contribution in [0.5, 0.6) is 0 Å². The number of urea groups is 1. The van der Waals surface area contributed by atoms with Gasteiger partial charge >= 0.3 is 6.03 Å². The van der Waals surface area contributed by atoms with Crippen LogP contribution in [-0.4, -0.2) is 6.03 Å². The zero-order chi connectivity index (χ0) is 14.3. The highest BCUT2D eigenvalue weighted by molar-refractivity contribution is 5.90. The van der Waals surface area contributed by atoms with Crippen LogP contribution in [0.2, 0.25) is 0 Å². The Balaban J connectivity index is 2.74. The number of para-hydroxylation sites is 1. The molecule has 1 rings (SSSR count). The van der Waals surface area contributed by atoms with Crippen molar-refractivity contribution < 1.29 is 4.79 Å². The molecule has 0 saturated carbocycles. The Bertz CT molecular complexity index is 452. The van der Waals surface area contributed by atoms with Crippen LogP contribution in [0.1, 0.15) is 52.0 Å². The maximum atomic E-state index is 11.8. The first-order chi connectivity index (χ1) is 9.08. The molecule has 2 amide bonds. The van der Waals surface area contributed by atoms with Gasteiger partial charge in [0.15, 0.2) is 0 Å². The first kappa shape index (κ1) is 15.3. The van der Waals surface area contributed by atoms with Gasteiger partial charge in [-0.15, -0.1) is 0 Å². The van der Waals surface area contributed by atoms with Crippen LogP contribution in [-0.2, 0) is 0 Å². The fourth-order valence-corrected chi connectivity index (χ4v) is 1.71. The van der Waals surface area contributed by atoms with Crippen molar-refractivity contribution in [2.45, 2.75) is 46.5 Å². The molecule has 0 aliphatic carbocycles. The molecule has 0 heterocycles. The van der Waals surface area contributed by atoms with E-state index < -0.39 is 0 Å². The highest BCUT2D eigenvalue weighted by atomic mass is 16.2. The molecule has 0 fully saturated rings. The number of amides is 2. The summed E-state index contributed by atoms with van der Waals surface area (Å²) >= 11 is 0. The van der Waals surface area contributed by atoms with Crippen LogP contribution < -0.4 is 10.6 Å². The van der Waals surface area contributed by atoms with E-state index in [1.54, 1.807) is 6.20 Å². The maximum absolute atomic E-state index is 11.8. The fraction of sp³-hybridized carbons (Fsp3) is 0.438. The lowest BCUT2D eigenvalue weighted by molar-refractivity contribution is 0.255. The van der Waals surface area contributed by atoms with Crippen LogP contribution in [0.4, 0.5) is 10.5 Å². The predicted molar refractivity (Wildman–Crippen MR) is 81.4 cm³/mol. The lowest BCUT2D eigenvalue weighted by Crippen LogP contribution is -2.25. The summed E-state index contributed by atoms with van der Waals surface area (Å²) in [6.45, 7) is 8.37. The van der Waals surface area contributed by atoms with Crippen molar-refractivity contribution in [3.05, 3.63) is 41.6 Å². The van der Waals surface area contributed by atoms with Crippen molar-refractivity contribution >= 4 is 11.7 Å². The molecule has 0 aromatic heterocycles. The molecule has 3 nitrogen and oxygen atoms in total. The third-order valence-electron chi connectivity index (χ3n) is 3.36. The minimum absolute atomic E-state index is 0.191. The Morgan fingerprint density at radius 3 is 2.63 bits per heavy atom. The Hall–Kier alpha value is -1.77. The standard InChI is InChI=1S/C16H24N2O/c1-5-12(3)11-17-16(19)18-15-10-8-7-9-14(15)13(4)6-2/h7-11,13H,5-6H2,1-4H3,(H2,17,18,19)/b12-11+. The number of hydrogen-bond acceptors (Lipinski definition) is 1. The molecule has 1 aromatic carbocycles.